The van der Waals surface area contributed by atoms with Crippen LogP contribution in [0.15, 0.2) is 24.3 Å². The Morgan fingerprint density at radius 2 is 1.95 bits per heavy atom. The Bertz CT molecular complexity index is 462. The van der Waals surface area contributed by atoms with E-state index in [2.05, 4.69) is 43.5 Å². The van der Waals surface area contributed by atoms with E-state index in [9.17, 15) is 4.79 Å². The lowest BCUT2D eigenvalue weighted by molar-refractivity contribution is -0.123. The molecule has 1 aliphatic heterocycles. The molecule has 1 amide bonds. The molecule has 4 heteroatoms. The number of anilines is 1. The molecule has 2 N–H and O–H groups in total. The van der Waals surface area contributed by atoms with Crippen molar-refractivity contribution in [3.8, 4) is 0 Å². The number of amides is 1. The van der Waals surface area contributed by atoms with Gasteiger partial charge in [0.05, 0.1) is 12.7 Å². The molecule has 0 spiro atoms. The third-order valence-electron chi connectivity index (χ3n) is 3.62. The molecule has 1 fully saturated rings. The molecule has 4 nitrogen and oxygen atoms in total. The van der Waals surface area contributed by atoms with Gasteiger partial charge < -0.3 is 15.4 Å². The topological polar surface area (TPSA) is 50.4 Å². The Hall–Kier alpha value is -1.39. The predicted octanol–water partition coefficient (Wildman–Crippen LogP) is 2.30. The monoisotopic (exact) mass is 276 g/mol. The van der Waals surface area contributed by atoms with Crippen LogP contribution in [0.5, 0.6) is 0 Å². The molecular formula is C16H24N2O2. The van der Waals surface area contributed by atoms with Gasteiger partial charge in [0.15, 0.2) is 0 Å². The van der Waals surface area contributed by atoms with Gasteiger partial charge in [0.25, 0.3) is 0 Å². The van der Waals surface area contributed by atoms with Crippen LogP contribution in [0.3, 0.4) is 0 Å². The van der Waals surface area contributed by atoms with E-state index in [0.717, 1.165) is 5.69 Å². The van der Waals surface area contributed by atoms with E-state index in [1.807, 2.05) is 19.1 Å². The average molecular weight is 276 g/mol. The van der Waals surface area contributed by atoms with Crippen LogP contribution in [0.1, 0.15) is 33.3 Å². The summed E-state index contributed by atoms with van der Waals surface area (Å²) in [5, 5.41) is 6.13. The summed E-state index contributed by atoms with van der Waals surface area (Å²) in [5.74, 6) is -0.0410. The minimum absolute atomic E-state index is 0.0410. The Kier molecular flexibility index (Phi) is 4.45. The van der Waals surface area contributed by atoms with E-state index < -0.39 is 0 Å². The summed E-state index contributed by atoms with van der Waals surface area (Å²) in [6, 6.07) is 7.74. The number of ether oxygens (including phenoxy) is 1. The third kappa shape index (κ3) is 3.58. The summed E-state index contributed by atoms with van der Waals surface area (Å²) in [7, 11) is 0. The van der Waals surface area contributed by atoms with E-state index >= 15 is 0 Å². The van der Waals surface area contributed by atoms with Gasteiger partial charge in [0.1, 0.15) is 6.04 Å². The molecule has 2 rings (SSSR count). The molecule has 1 aromatic carbocycles. The number of rotatable bonds is 2. The van der Waals surface area contributed by atoms with Crippen molar-refractivity contribution >= 4 is 11.6 Å². The zero-order valence-corrected chi connectivity index (χ0v) is 12.7. The molecule has 0 saturated carbocycles. The zero-order chi connectivity index (χ0) is 14.8. The molecular weight excluding hydrogens is 252 g/mol. The van der Waals surface area contributed by atoms with Crippen molar-refractivity contribution in [3.63, 3.8) is 0 Å². The van der Waals surface area contributed by atoms with Crippen molar-refractivity contribution in [2.75, 3.05) is 18.5 Å². The summed E-state index contributed by atoms with van der Waals surface area (Å²) < 4.78 is 5.49. The highest BCUT2D eigenvalue weighted by molar-refractivity contribution is 5.95. The fraction of sp³-hybridized carbons (Fsp3) is 0.562. The maximum Gasteiger partial charge on any atom is 0.244 e. The largest absolute Gasteiger partial charge is 0.375 e. The van der Waals surface area contributed by atoms with Gasteiger partial charge >= 0.3 is 0 Å². The minimum atomic E-state index is -0.286. The summed E-state index contributed by atoms with van der Waals surface area (Å²) in [6.45, 7) is 9.80. The van der Waals surface area contributed by atoms with Crippen molar-refractivity contribution < 1.29 is 9.53 Å². The maximum absolute atomic E-state index is 12.2. The van der Waals surface area contributed by atoms with Gasteiger partial charge in [-0.15, -0.1) is 0 Å². The van der Waals surface area contributed by atoms with Crippen molar-refractivity contribution in [1.82, 2.24) is 5.32 Å². The first-order valence-electron chi connectivity index (χ1n) is 7.14. The van der Waals surface area contributed by atoms with Gasteiger partial charge in [-0.1, -0.05) is 32.9 Å². The average Bonchev–Trinajstić information content (AvgIpc) is 2.38. The van der Waals surface area contributed by atoms with Gasteiger partial charge in [-0.2, -0.15) is 0 Å². The Morgan fingerprint density at radius 1 is 1.30 bits per heavy atom. The number of hydrogen-bond acceptors (Lipinski definition) is 3. The van der Waals surface area contributed by atoms with Crippen LogP contribution >= 0.6 is 0 Å². The van der Waals surface area contributed by atoms with E-state index in [-0.39, 0.29) is 23.5 Å². The Morgan fingerprint density at radius 3 is 2.50 bits per heavy atom. The highest BCUT2D eigenvalue weighted by atomic mass is 16.5. The first kappa shape index (κ1) is 15.0. The summed E-state index contributed by atoms with van der Waals surface area (Å²) in [5.41, 5.74) is 2.20. The van der Waals surface area contributed by atoms with Crippen molar-refractivity contribution in [3.05, 3.63) is 29.8 Å². The van der Waals surface area contributed by atoms with E-state index in [1.54, 1.807) is 0 Å². The molecule has 0 aliphatic carbocycles. The standard InChI is InChI=1S/C16H24N2O2/c1-11-14(17-9-10-20-11)15(19)18-13-7-5-12(6-8-13)16(2,3)4/h5-8,11,14,17H,9-10H2,1-4H3,(H,18,19)/t11-,14+/m1/s1. The van der Waals surface area contributed by atoms with Crippen LogP contribution < -0.4 is 10.6 Å². The number of carbonyl (C=O) groups excluding carboxylic acids is 1. The van der Waals surface area contributed by atoms with E-state index in [1.165, 1.54) is 5.56 Å². The second-order valence-corrected chi connectivity index (χ2v) is 6.32. The molecule has 0 radical (unpaired) electrons. The van der Waals surface area contributed by atoms with Crippen LogP contribution in [0.4, 0.5) is 5.69 Å². The number of hydrogen-bond donors (Lipinski definition) is 2. The molecule has 2 atom stereocenters. The lowest BCUT2D eigenvalue weighted by Crippen LogP contribution is -2.53. The third-order valence-corrected chi connectivity index (χ3v) is 3.62. The molecule has 1 aromatic rings. The first-order chi connectivity index (χ1) is 9.38. The smallest absolute Gasteiger partial charge is 0.244 e. The lowest BCUT2D eigenvalue weighted by Gasteiger charge is -2.29. The van der Waals surface area contributed by atoms with Crippen LogP contribution in [0, 0.1) is 0 Å². The van der Waals surface area contributed by atoms with Crippen molar-refractivity contribution in [2.24, 2.45) is 0 Å². The fourth-order valence-electron chi connectivity index (χ4n) is 2.30. The second kappa shape index (κ2) is 5.94. The second-order valence-electron chi connectivity index (χ2n) is 6.32. The van der Waals surface area contributed by atoms with Crippen LogP contribution in [-0.2, 0) is 14.9 Å². The maximum atomic E-state index is 12.2. The van der Waals surface area contributed by atoms with Gasteiger partial charge in [0.2, 0.25) is 5.91 Å². The van der Waals surface area contributed by atoms with Gasteiger partial charge in [0, 0.05) is 12.2 Å². The highest BCUT2D eigenvalue weighted by Crippen LogP contribution is 2.23. The minimum Gasteiger partial charge on any atom is -0.375 e. The first-order valence-corrected chi connectivity index (χ1v) is 7.14. The quantitative estimate of drug-likeness (QED) is 0.871. The molecule has 20 heavy (non-hydrogen) atoms. The Labute approximate surface area is 120 Å². The molecule has 110 valence electrons. The molecule has 0 unspecified atom stereocenters. The zero-order valence-electron chi connectivity index (χ0n) is 12.7. The molecule has 1 saturated heterocycles. The van der Waals surface area contributed by atoms with Crippen molar-refractivity contribution in [2.45, 2.75) is 45.3 Å². The van der Waals surface area contributed by atoms with E-state index in [4.69, 9.17) is 4.74 Å². The molecule has 0 bridgehead atoms. The predicted molar refractivity (Wildman–Crippen MR) is 81.0 cm³/mol. The molecule has 0 aromatic heterocycles. The highest BCUT2D eigenvalue weighted by Gasteiger charge is 2.28. The van der Waals surface area contributed by atoms with E-state index in [0.29, 0.717) is 13.2 Å². The fourth-order valence-corrected chi connectivity index (χ4v) is 2.30. The van der Waals surface area contributed by atoms with Gasteiger partial charge in [-0.3, -0.25) is 4.79 Å². The SMILES string of the molecule is C[C@H]1OCCN[C@@H]1C(=O)Nc1ccc(C(C)(C)C)cc1. The number of nitrogens with one attached hydrogen (secondary N) is 2. The van der Waals surface area contributed by atoms with Gasteiger partial charge in [-0.05, 0) is 30.0 Å². The summed E-state index contributed by atoms with van der Waals surface area (Å²) >= 11 is 0. The number of benzene rings is 1. The van der Waals surface area contributed by atoms with Crippen LogP contribution in [0.2, 0.25) is 0 Å². The number of carbonyl (C=O) groups is 1. The van der Waals surface area contributed by atoms with Crippen molar-refractivity contribution in [1.29, 1.82) is 0 Å². The summed E-state index contributed by atoms with van der Waals surface area (Å²) in [6.07, 6.45) is -0.0994. The van der Waals surface area contributed by atoms with Gasteiger partial charge in [-0.25, -0.2) is 0 Å². The van der Waals surface area contributed by atoms with Crippen LogP contribution in [-0.4, -0.2) is 31.2 Å². The summed E-state index contributed by atoms with van der Waals surface area (Å²) in [4.78, 5) is 12.2. The molecule has 1 aliphatic rings. The Balaban J connectivity index is 2.01. The lowest BCUT2D eigenvalue weighted by atomic mass is 9.87. The molecule has 1 heterocycles. The normalized spacial score (nSPS) is 23.4. The van der Waals surface area contributed by atoms with Crippen LogP contribution in [0.25, 0.3) is 0 Å². The number of morpholine rings is 1.